The van der Waals surface area contributed by atoms with Crippen molar-refractivity contribution in [3.63, 3.8) is 0 Å². The Morgan fingerprint density at radius 2 is 2.15 bits per heavy atom. The molecule has 0 saturated heterocycles. The molecule has 0 fully saturated rings. The molecule has 6 heteroatoms. The largest absolute Gasteiger partial charge is 0.486 e. The highest BCUT2D eigenvalue weighted by Crippen LogP contribution is 2.29. The summed E-state index contributed by atoms with van der Waals surface area (Å²) in [7, 11) is 0. The first kappa shape index (κ1) is 14.0. The zero-order valence-electron chi connectivity index (χ0n) is 11.0. The molecule has 1 heterocycles. The maximum Gasteiger partial charge on any atom is 0.313 e. The average Bonchev–Trinajstić information content (AvgIpc) is 2.78. The summed E-state index contributed by atoms with van der Waals surface area (Å²) in [5, 5.41) is 0. The van der Waals surface area contributed by atoms with Crippen molar-refractivity contribution >= 4 is 17.5 Å². The molecule has 0 N–H and O–H groups in total. The van der Waals surface area contributed by atoms with Crippen LogP contribution in [0.25, 0.3) is 0 Å². The van der Waals surface area contributed by atoms with E-state index in [9.17, 15) is 14.4 Å². The number of benzene rings is 1. The summed E-state index contributed by atoms with van der Waals surface area (Å²) in [5.74, 6) is -0.157. The number of carbonyl (C=O) groups is 3. The summed E-state index contributed by atoms with van der Waals surface area (Å²) in [6, 6.07) is 4.73. The van der Waals surface area contributed by atoms with Crippen LogP contribution in [0.5, 0.6) is 11.5 Å². The normalized spacial score (nSPS) is 12.6. The number of Topliss-reactive ketones (excluding diaryl/α,β-unsaturated/α-hetero) is 2. The molecule has 1 aliphatic rings. The van der Waals surface area contributed by atoms with E-state index in [2.05, 4.69) is 4.74 Å². The van der Waals surface area contributed by atoms with Gasteiger partial charge in [-0.1, -0.05) is 0 Å². The van der Waals surface area contributed by atoms with Gasteiger partial charge < -0.3 is 14.2 Å². The van der Waals surface area contributed by atoms with Gasteiger partial charge in [-0.3, -0.25) is 14.4 Å². The van der Waals surface area contributed by atoms with Crippen LogP contribution in [0, 0.1) is 0 Å². The summed E-state index contributed by atoms with van der Waals surface area (Å²) in [5.41, 5.74) is 0.509. The molecule has 6 nitrogen and oxygen atoms in total. The van der Waals surface area contributed by atoms with Gasteiger partial charge in [-0.15, -0.1) is 0 Å². The van der Waals surface area contributed by atoms with Crippen molar-refractivity contribution in [1.82, 2.24) is 0 Å². The van der Waals surface area contributed by atoms with Crippen LogP contribution in [0.4, 0.5) is 0 Å². The average molecular weight is 278 g/mol. The minimum absolute atomic E-state index is 0.0283. The number of ketones is 2. The fourth-order valence-corrected chi connectivity index (χ4v) is 1.75. The fraction of sp³-hybridized carbons (Fsp3) is 0.357. The second kappa shape index (κ2) is 6.18. The Morgan fingerprint density at radius 1 is 1.35 bits per heavy atom. The molecule has 20 heavy (non-hydrogen) atoms. The van der Waals surface area contributed by atoms with Gasteiger partial charge in [0.2, 0.25) is 5.78 Å². The van der Waals surface area contributed by atoms with Gasteiger partial charge in [0.1, 0.15) is 24.5 Å². The van der Waals surface area contributed by atoms with E-state index in [-0.39, 0.29) is 37.8 Å². The first-order chi connectivity index (χ1) is 9.60. The molecule has 0 bridgehead atoms. The van der Waals surface area contributed by atoms with Gasteiger partial charge in [-0.25, -0.2) is 0 Å². The van der Waals surface area contributed by atoms with Gasteiger partial charge in [0, 0.05) is 6.07 Å². The second-order valence-corrected chi connectivity index (χ2v) is 4.18. The number of rotatable bonds is 6. The summed E-state index contributed by atoms with van der Waals surface area (Å²) in [4.78, 5) is 33.9. The van der Waals surface area contributed by atoms with Gasteiger partial charge in [0.25, 0.3) is 0 Å². The SMILES string of the molecule is CCOC(=O)CC(=O)COc1ccc2c(c1)OCC2=O. The van der Waals surface area contributed by atoms with E-state index in [4.69, 9.17) is 9.47 Å². The Morgan fingerprint density at radius 3 is 2.90 bits per heavy atom. The highest BCUT2D eigenvalue weighted by molar-refractivity contribution is 6.02. The number of ether oxygens (including phenoxy) is 3. The van der Waals surface area contributed by atoms with Crippen LogP contribution in [0.2, 0.25) is 0 Å². The van der Waals surface area contributed by atoms with Crippen molar-refractivity contribution in [2.24, 2.45) is 0 Å². The standard InChI is InChI=1S/C14H14O6/c1-2-18-14(17)5-9(15)7-19-10-3-4-11-12(16)8-20-13(11)6-10/h3-4,6H,2,5,7-8H2,1H3. The Hall–Kier alpha value is -2.37. The Kier molecular flexibility index (Phi) is 4.34. The van der Waals surface area contributed by atoms with E-state index in [1.165, 1.54) is 0 Å². The Labute approximate surface area is 115 Å². The van der Waals surface area contributed by atoms with Gasteiger partial charge in [0.15, 0.2) is 12.4 Å². The fourth-order valence-electron chi connectivity index (χ4n) is 1.75. The lowest BCUT2D eigenvalue weighted by atomic mass is 10.1. The van der Waals surface area contributed by atoms with Crippen LogP contribution in [0.3, 0.4) is 0 Å². The molecule has 0 atom stereocenters. The van der Waals surface area contributed by atoms with Crippen molar-refractivity contribution in [3.8, 4) is 11.5 Å². The molecule has 0 spiro atoms. The summed E-state index contributed by atoms with van der Waals surface area (Å²) in [6.45, 7) is 1.71. The minimum Gasteiger partial charge on any atom is -0.486 e. The van der Waals surface area contributed by atoms with Gasteiger partial charge in [0.05, 0.1) is 12.2 Å². The Balaban J connectivity index is 1.87. The van der Waals surface area contributed by atoms with E-state index in [0.29, 0.717) is 17.1 Å². The summed E-state index contributed by atoms with van der Waals surface area (Å²) in [6.07, 6.45) is -0.312. The van der Waals surface area contributed by atoms with Crippen LogP contribution < -0.4 is 9.47 Å². The minimum atomic E-state index is -0.566. The first-order valence-corrected chi connectivity index (χ1v) is 6.20. The predicted octanol–water partition coefficient (Wildman–Crippen LogP) is 1.16. The van der Waals surface area contributed by atoms with Crippen LogP contribution >= 0.6 is 0 Å². The first-order valence-electron chi connectivity index (χ1n) is 6.20. The van der Waals surface area contributed by atoms with E-state index >= 15 is 0 Å². The lowest BCUT2D eigenvalue weighted by Gasteiger charge is -2.06. The van der Waals surface area contributed by atoms with E-state index < -0.39 is 5.97 Å². The highest BCUT2D eigenvalue weighted by atomic mass is 16.5. The van der Waals surface area contributed by atoms with Crippen LogP contribution in [-0.2, 0) is 14.3 Å². The number of carbonyl (C=O) groups excluding carboxylic acids is 3. The van der Waals surface area contributed by atoms with E-state index in [1.54, 1.807) is 25.1 Å². The molecule has 0 radical (unpaired) electrons. The molecule has 0 aliphatic carbocycles. The number of hydrogen-bond donors (Lipinski definition) is 0. The second-order valence-electron chi connectivity index (χ2n) is 4.18. The number of fused-ring (bicyclic) bond motifs is 1. The van der Waals surface area contributed by atoms with Crippen molar-refractivity contribution in [2.75, 3.05) is 19.8 Å². The van der Waals surface area contributed by atoms with Crippen molar-refractivity contribution < 1.29 is 28.6 Å². The highest BCUT2D eigenvalue weighted by Gasteiger charge is 2.21. The lowest BCUT2D eigenvalue weighted by Crippen LogP contribution is -2.17. The molecule has 0 aromatic heterocycles. The quantitative estimate of drug-likeness (QED) is 0.574. The molecule has 0 amide bonds. The van der Waals surface area contributed by atoms with Gasteiger partial charge in [-0.2, -0.15) is 0 Å². The third-order valence-corrected chi connectivity index (χ3v) is 2.66. The monoisotopic (exact) mass is 278 g/mol. The van der Waals surface area contributed by atoms with Gasteiger partial charge in [-0.05, 0) is 19.1 Å². The van der Waals surface area contributed by atoms with Crippen LogP contribution in [-0.4, -0.2) is 37.4 Å². The van der Waals surface area contributed by atoms with Crippen LogP contribution in [0.15, 0.2) is 18.2 Å². The maximum absolute atomic E-state index is 11.5. The van der Waals surface area contributed by atoms with Crippen molar-refractivity contribution in [3.05, 3.63) is 23.8 Å². The predicted molar refractivity (Wildman–Crippen MR) is 68.0 cm³/mol. The molecule has 0 unspecified atom stereocenters. The Bertz CT molecular complexity index is 549. The number of hydrogen-bond acceptors (Lipinski definition) is 6. The molecule has 1 aromatic rings. The molecule has 1 aromatic carbocycles. The lowest BCUT2D eigenvalue weighted by molar-refractivity contribution is -0.145. The summed E-state index contributed by atoms with van der Waals surface area (Å²) < 4.78 is 15.1. The zero-order chi connectivity index (χ0) is 14.5. The van der Waals surface area contributed by atoms with Gasteiger partial charge >= 0.3 is 5.97 Å². The van der Waals surface area contributed by atoms with Crippen LogP contribution in [0.1, 0.15) is 23.7 Å². The topological polar surface area (TPSA) is 78.9 Å². The van der Waals surface area contributed by atoms with E-state index in [1.807, 2.05) is 0 Å². The van der Waals surface area contributed by atoms with E-state index in [0.717, 1.165) is 0 Å². The molecule has 0 saturated carbocycles. The zero-order valence-corrected chi connectivity index (χ0v) is 11.0. The molecule has 106 valence electrons. The maximum atomic E-state index is 11.5. The molecular formula is C14H14O6. The summed E-state index contributed by atoms with van der Waals surface area (Å²) >= 11 is 0. The molecular weight excluding hydrogens is 264 g/mol. The molecule has 2 rings (SSSR count). The third-order valence-electron chi connectivity index (χ3n) is 2.66. The third kappa shape index (κ3) is 3.34. The number of esters is 1. The smallest absolute Gasteiger partial charge is 0.313 e. The van der Waals surface area contributed by atoms with Crippen molar-refractivity contribution in [2.45, 2.75) is 13.3 Å². The molecule has 1 aliphatic heterocycles. The van der Waals surface area contributed by atoms with Crippen molar-refractivity contribution in [1.29, 1.82) is 0 Å².